The van der Waals surface area contributed by atoms with Gasteiger partial charge in [0.15, 0.2) is 17.1 Å². The molecule has 3 rings (SSSR count). The van der Waals surface area contributed by atoms with Gasteiger partial charge >= 0.3 is 5.97 Å². The molecule has 0 spiro atoms. The molecule has 0 aliphatic heterocycles. The second-order valence-electron chi connectivity index (χ2n) is 5.23. The van der Waals surface area contributed by atoms with Crippen LogP contribution < -0.4 is 5.32 Å². The Hall–Kier alpha value is -3.42. The molecular weight excluding hydrogens is 312 g/mol. The van der Waals surface area contributed by atoms with Gasteiger partial charge in [-0.05, 0) is 6.92 Å². The number of hydrogen-bond acceptors (Lipinski definition) is 5. The zero-order valence-corrected chi connectivity index (χ0v) is 13.0. The van der Waals surface area contributed by atoms with E-state index in [-0.39, 0.29) is 17.1 Å². The minimum Gasteiger partial charge on any atom is -0.476 e. The van der Waals surface area contributed by atoms with Crippen molar-refractivity contribution in [3.05, 3.63) is 53.5 Å². The Labute approximate surface area is 136 Å². The molecule has 0 unspecified atom stereocenters. The molecule has 1 amide bonds. The second kappa shape index (κ2) is 5.99. The summed E-state index contributed by atoms with van der Waals surface area (Å²) in [6, 6.07) is 9.07. The number of carboxylic acid groups (broad SMARTS) is 1. The van der Waals surface area contributed by atoms with Crippen molar-refractivity contribution >= 4 is 17.6 Å². The van der Waals surface area contributed by atoms with Gasteiger partial charge in [-0.3, -0.25) is 9.48 Å². The molecule has 0 aliphatic carbocycles. The van der Waals surface area contributed by atoms with Crippen LogP contribution in [0.25, 0.3) is 11.3 Å². The Bertz CT molecular complexity index is 909. The van der Waals surface area contributed by atoms with Gasteiger partial charge in [0.2, 0.25) is 0 Å². The van der Waals surface area contributed by atoms with Gasteiger partial charge in [0.05, 0.1) is 11.9 Å². The highest BCUT2D eigenvalue weighted by atomic mass is 16.5. The summed E-state index contributed by atoms with van der Waals surface area (Å²) >= 11 is 0. The highest BCUT2D eigenvalue weighted by Gasteiger charge is 2.20. The number of nitrogens with one attached hydrogen (secondary N) is 1. The smallest absolute Gasteiger partial charge is 0.356 e. The van der Waals surface area contributed by atoms with Crippen molar-refractivity contribution < 1.29 is 19.2 Å². The molecule has 1 aromatic carbocycles. The molecule has 8 nitrogen and oxygen atoms in total. The molecule has 3 aromatic rings. The van der Waals surface area contributed by atoms with E-state index in [1.54, 1.807) is 0 Å². The second-order valence-corrected chi connectivity index (χ2v) is 5.23. The van der Waals surface area contributed by atoms with Crippen LogP contribution in [0.2, 0.25) is 0 Å². The Morgan fingerprint density at radius 1 is 1.25 bits per heavy atom. The first-order chi connectivity index (χ1) is 11.5. The zero-order chi connectivity index (χ0) is 17.3. The summed E-state index contributed by atoms with van der Waals surface area (Å²) < 4.78 is 6.35. The average Bonchev–Trinajstić information content (AvgIpc) is 3.15. The number of amides is 1. The van der Waals surface area contributed by atoms with Gasteiger partial charge in [0.25, 0.3) is 5.91 Å². The third kappa shape index (κ3) is 2.89. The molecule has 0 radical (unpaired) electrons. The molecule has 0 bridgehead atoms. The first kappa shape index (κ1) is 15.5. The Morgan fingerprint density at radius 2 is 1.96 bits per heavy atom. The molecule has 2 heterocycles. The van der Waals surface area contributed by atoms with Gasteiger partial charge < -0.3 is 14.9 Å². The van der Waals surface area contributed by atoms with Crippen LogP contribution in [-0.2, 0) is 7.05 Å². The molecule has 8 heteroatoms. The number of aromatic nitrogens is 3. The Balaban J connectivity index is 1.82. The van der Waals surface area contributed by atoms with E-state index >= 15 is 0 Å². The van der Waals surface area contributed by atoms with E-state index in [0.717, 1.165) is 11.1 Å². The average molecular weight is 326 g/mol. The minimum atomic E-state index is -1.19. The van der Waals surface area contributed by atoms with Gasteiger partial charge in [-0.2, -0.15) is 5.10 Å². The monoisotopic (exact) mass is 326 g/mol. The van der Waals surface area contributed by atoms with Crippen molar-refractivity contribution in [3.63, 3.8) is 0 Å². The Morgan fingerprint density at radius 3 is 2.62 bits per heavy atom. The van der Waals surface area contributed by atoms with Gasteiger partial charge in [0.1, 0.15) is 0 Å². The summed E-state index contributed by atoms with van der Waals surface area (Å²) in [5, 5.41) is 19.2. The van der Waals surface area contributed by atoms with Crippen molar-refractivity contribution in [2.24, 2.45) is 7.05 Å². The van der Waals surface area contributed by atoms with Crippen LogP contribution in [0, 0.1) is 6.92 Å². The van der Waals surface area contributed by atoms with Crippen molar-refractivity contribution in [3.8, 4) is 11.3 Å². The third-order valence-corrected chi connectivity index (χ3v) is 3.47. The van der Waals surface area contributed by atoms with Crippen molar-refractivity contribution in [2.75, 3.05) is 5.32 Å². The van der Waals surface area contributed by atoms with E-state index < -0.39 is 11.9 Å². The number of anilines is 1. The number of aryl methyl sites for hydroxylation is 2. The van der Waals surface area contributed by atoms with E-state index in [1.165, 1.54) is 24.0 Å². The number of rotatable bonds is 4. The molecule has 2 aromatic heterocycles. The topological polar surface area (TPSA) is 110 Å². The maximum absolute atomic E-state index is 12.2. The fourth-order valence-corrected chi connectivity index (χ4v) is 2.21. The maximum atomic E-state index is 12.2. The quantitative estimate of drug-likeness (QED) is 0.761. The molecule has 0 fully saturated rings. The van der Waals surface area contributed by atoms with Crippen LogP contribution in [0.15, 0.2) is 41.1 Å². The molecule has 0 saturated carbocycles. The van der Waals surface area contributed by atoms with E-state index in [2.05, 4.69) is 15.6 Å². The van der Waals surface area contributed by atoms with Gasteiger partial charge in [-0.1, -0.05) is 35.0 Å². The van der Waals surface area contributed by atoms with Gasteiger partial charge in [0, 0.05) is 18.7 Å². The number of benzene rings is 1. The fourth-order valence-electron chi connectivity index (χ4n) is 2.21. The summed E-state index contributed by atoms with van der Waals surface area (Å²) in [6.45, 7) is 1.97. The summed E-state index contributed by atoms with van der Waals surface area (Å²) in [6.07, 6.45) is 1.27. The van der Waals surface area contributed by atoms with E-state index in [9.17, 15) is 9.59 Å². The van der Waals surface area contributed by atoms with E-state index in [4.69, 9.17) is 9.63 Å². The number of hydrogen-bond donors (Lipinski definition) is 2. The van der Waals surface area contributed by atoms with Gasteiger partial charge in [-0.15, -0.1) is 0 Å². The number of nitrogens with zero attached hydrogens (tertiary/aromatic N) is 3. The van der Waals surface area contributed by atoms with Crippen LogP contribution in [-0.4, -0.2) is 31.9 Å². The lowest BCUT2D eigenvalue weighted by atomic mass is 10.1. The largest absolute Gasteiger partial charge is 0.476 e. The standard InChI is InChI=1S/C16H14N4O4/c1-9-3-5-10(6-4-9)13-7-11(19-24-13)15(21)18-12-8-17-20(2)14(12)16(22)23/h3-8H,1-2H3,(H,18,21)(H,22,23). The van der Waals surface area contributed by atoms with Crippen LogP contribution in [0.4, 0.5) is 5.69 Å². The number of aromatic carboxylic acids is 1. The molecule has 0 aliphatic rings. The van der Waals surface area contributed by atoms with Gasteiger partial charge in [-0.25, -0.2) is 4.79 Å². The number of carbonyl (C=O) groups is 2. The molecule has 122 valence electrons. The molecule has 24 heavy (non-hydrogen) atoms. The summed E-state index contributed by atoms with van der Waals surface area (Å²) in [7, 11) is 1.48. The lowest BCUT2D eigenvalue weighted by molar-refractivity contribution is 0.0686. The van der Waals surface area contributed by atoms with E-state index in [1.807, 2.05) is 31.2 Å². The fraction of sp³-hybridized carbons (Fsp3) is 0.125. The van der Waals surface area contributed by atoms with Crippen LogP contribution in [0.1, 0.15) is 26.5 Å². The number of carbonyl (C=O) groups excluding carboxylic acids is 1. The molecule has 0 saturated heterocycles. The SMILES string of the molecule is Cc1ccc(-c2cc(C(=O)Nc3cnn(C)c3C(=O)O)no2)cc1. The highest BCUT2D eigenvalue weighted by Crippen LogP contribution is 2.22. The first-order valence-electron chi connectivity index (χ1n) is 7.06. The Kier molecular flexibility index (Phi) is 3.87. The van der Waals surface area contributed by atoms with Crippen molar-refractivity contribution in [1.82, 2.24) is 14.9 Å². The maximum Gasteiger partial charge on any atom is 0.356 e. The predicted octanol–water partition coefficient (Wildman–Crippen LogP) is 2.33. The van der Waals surface area contributed by atoms with E-state index in [0.29, 0.717) is 5.76 Å². The molecule has 2 N–H and O–H groups in total. The lowest BCUT2D eigenvalue weighted by Gasteiger charge is -2.02. The normalized spacial score (nSPS) is 10.6. The molecule has 0 atom stereocenters. The van der Waals surface area contributed by atoms with Crippen molar-refractivity contribution in [1.29, 1.82) is 0 Å². The van der Waals surface area contributed by atoms with Crippen LogP contribution in [0.5, 0.6) is 0 Å². The third-order valence-electron chi connectivity index (χ3n) is 3.47. The summed E-state index contributed by atoms with van der Waals surface area (Å²) in [4.78, 5) is 23.4. The van der Waals surface area contributed by atoms with Crippen LogP contribution >= 0.6 is 0 Å². The minimum absolute atomic E-state index is 0.0470. The van der Waals surface area contributed by atoms with Crippen molar-refractivity contribution in [2.45, 2.75) is 6.92 Å². The number of carboxylic acids is 1. The van der Waals surface area contributed by atoms with Crippen LogP contribution in [0.3, 0.4) is 0 Å². The lowest BCUT2D eigenvalue weighted by Crippen LogP contribution is -2.15. The molecular formula is C16H14N4O4. The highest BCUT2D eigenvalue weighted by molar-refractivity contribution is 6.06. The summed E-state index contributed by atoms with van der Waals surface area (Å²) in [5.74, 6) is -1.32. The zero-order valence-electron chi connectivity index (χ0n) is 13.0. The first-order valence-corrected chi connectivity index (χ1v) is 7.06. The predicted molar refractivity (Wildman–Crippen MR) is 84.8 cm³/mol. The summed E-state index contributed by atoms with van der Waals surface area (Å²) in [5.41, 5.74) is 1.92.